The summed E-state index contributed by atoms with van der Waals surface area (Å²) in [6.07, 6.45) is 0.709. The molecule has 4 N–H and O–H groups in total. The van der Waals surface area contributed by atoms with Crippen LogP contribution in [0.2, 0.25) is 0 Å². The van der Waals surface area contributed by atoms with Crippen LogP contribution in [-0.2, 0) is 52.5 Å². The lowest BCUT2D eigenvalue weighted by Crippen LogP contribution is -2.37. The minimum atomic E-state index is -0.787. The number of aliphatic hydroxyl groups excluding tert-OH is 1. The van der Waals surface area contributed by atoms with Gasteiger partial charge < -0.3 is 44.7 Å². The first-order valence-electron chi connectivity index (χ1n) is 17.1. The van der Waals surface area contributed by atoms with Gasteiger partial charge in [-0.3, -0.25) is 33.7 Å². The van der Waals surface area contributed by atoms with Gasteiger partial charge in [0.05, 0.1) is 52.2 Å². The van der Waals surface area contributed by atoms with E-state index < -0.39 is 28.3 Å². The number of imide groups is 1. The van der Waals surface area contributed by atoms with E-state index in [1.165, 1.54) is 18.9 Å². The van der Waals surface area contributed by atoms with Crippen molar-refractivity contribution >= 4 is 55.1 Å². The number of rotatable bonds is 29. The molecule has 1 rings (SSSR count). The summed E-state index contributed by atoms with van der Waals surface area (Å²) in [7, 11) is 7.53. The van der Waals surface area contributed by atoms with Gasteiger partial charge in [0.25, 0.3) is 0 Å². The maximum Gasteiger partial charge on any atom is 0.305 e. The van der Waals surface area contributed by atoms with Gasteiger partial charge in [-0.25, -0.2) is 0 Å². The van der Waals surface area contributed by atoms with Gasteiger partial charge in [-0.1, -0.05) is 20.8 Å². The number of carbonyl (C=O) groups is 6. The lowest BCUT2D eigenvalue weighted by Gasteiger charge is -2.25. The molecule has 0 aromatic rings. The molecule has 0 aliphatic carbocycles. The molecule has 0 bridgehead atoms. The third-order valence-corrected chi connectivity index (χ3v) is 8.97. The fourth-order valence-electron chi connectivity index (χ4n) is 4.29. The number of hydrogen-bond donors (Lipinski definition) is 4. The number of ether oxygens (including phenoxy) is 5. The Balaban J connectivity index is 1.99. The Morgan fingerprint density at radius 2 is 1.56 bits per heavy atom. The Labute approximate surface area is 300 Å². The minimum Gasteiger partial charge on any atom is -0.460 e. The Hall–Kier alpha value is -2.77. The van der Waals surface area contributed by atoms with Crippen molar-refractivity contribution in [1.29, 1.82) is 0 Å². The second-order valence-corrected chi connectivity index (χ2v) is 13.4. The van der Waals surface area contributed by atoms with E-state index in [9.17, 15) is 33.9 Å². The van der Waals surface area contributed by atoms with E-state index in [1.54, 1.807) is 0 Å². The number of esters is 1. The quantitative estimate of drug-likeness (QED) is 0.0258. The lowest BCUT2D eigenvalue weighted by molar-refractivity contribution is -0.194. The molecule has 0 saturated carbocycles. The average Bonchev–Trinajstić information content (AvgIpc) is 3.35. The third-order valence-electron chi connectivity index (χ3n) is 7.49. The smallest absolute Gasteiger partial charge is 0.305 e. The van der Waals surface area contributed by atoms with E-state index >= 15 is 0 Å². The molecule has 5 amide bonds. The number of carbonyl (C=O) groups excluding carboxylic acids is 6. The van der Waals surface area contributed by atoms with Crippen molar-refractivity contribution in [3.05, 3.63) is 0 Å². The molecule has 1 aliphatic rings. The standard InChI is InChI=1S/C32H55BN4O12S/c1-5-23(21-38)49-30(45-4)22-48-29(43)9-7-8-25(39)34-12-13-35-27(41)11-16-46-18-19-47-17-14-36-26(40)10-15-37-28(42)20-24(31(37)44)50-32(3,33)6-2/h23-24,30,38H,5-22H2,1-4H3,(H,34,39)(H,35,41)(H,36,40). The van der Waals surface area contributed by atoms with E-state index in [2.05, 4.69) is 16.0 Å². The van der Waals surface area contributed by atoms with E-state index in [4.69, 9.17) is 31.5 Å². The van der Waals surface area contributed by atoms with E-state index in [0.717, 1.165) is 4.90 Å². The highest BCUT2D eigenvalue weighted by atomic mass is 32.2. The molecule has 4 atom stereocenters. The molecule has 1 aliphatic heterocycles. The first-order valence-corrected chi connectivity index (χ1v) is 17.9. The van der Waals surface area contributed by atoms with Crippen LogP contribution < -0.4 is 16.0 Å². The highest BCUT2D eigenvalue weighted by Crippen LogP contribution is 2.35. The van der Waals surface area contributed by atoms with E-state index in [-0.39, 0.29) is 127 Å². The first kappa shape index (κ1) is 45.3. The number of nitrogens with one attached hydrogen (secondary N) is 3. The first-order chi connectivity index (χ1) is 23.8. The predicted molar refractivity (Wildman–Crippen MR) is 185 cm³/mol. The van der Waals surface area contributed by atoms with Crippen molar-refractivity contribution in [1.82, 2.24) is 20.9 Å². The summed E-state index contributed by atoms with van der Waals surface area (Å²) in [5.41, 5.74) is 0. The third kappa shape index (κ3) is 20.2. The Morgan fingerprint density at radius 3 is 2.18 bits per heavy atom. The van der Waals surface area contributed by atoms with Gasteiger partial charge in [0.2, 0.25) is 29.5 Å². The number of methoxy groups -OCH3 is 1. The van der Waals surface area contributed by atoms with Crippen LogP contribution in [0.25, 0.3) is 0 Å². The Kier molecular flexibility index (Phi) is 23.6. The van der Waals surface area contributed by atoms with Gasteiger partial charge in [-0.2, -0.15) is 11.8 Å². The van der Waals surface area contributed by atoms with Gasteiger partial charge in [-0.05, 0) is 23.9 Å². The van der Waals surface area contributed by atoms with Crippen LogP contribution in [0, 0.1) is 0 Å². The summed E-state index contributed by atoms with van der Waals surface area (Å²) in [5.74, 6) is -1.89. The van der Waals surface area contributed by atoms with Gasteiger partial charge in [-0.15, -0.1) is 0 Å². The number of aliphatic hydroxyl groups is 1. The van der Waals surface area contributed by atoms with Gasteiger partial charge in [0.15, 0.2) is 6.29 Å². The zero-order valence-corrected chi connectivity index (χ0v) is 30.6. The molecule has 0 aromatic heterocycles. The molecule has 4 unspecified atom stereocenters. The summed E-state index contributed by atoms with van der Waals surface area (Å²) in [4.78, 5) is 73.9. The van der Waals surface area contributed by atoms with Gasteiger partial charge >= 0.3 is 5.97 Å². The van der Waals surface area contributed by atoms with Crippen molar-refractivity contribution in [2.45, 2.75) is 94.4 Å². The van der Waals surface area contributed by atoms with Crippen LogP contribution in [0.4, 0.5) is 0 Å². The van der Waals surface area contributed by atoms with Gasteiger partial charge in [0, 0.05) is 65.4 Å². The van der Waals surface area contributed by atoms with Crippen molar-refractivity contribution in [3.63, 3.8) is 0 Å². The molecule has 1 fully saturated rings. The topological polar surface area (TPSA) is 208 Å². The second-order valence-electron chi connectivity index (χ2n) is 11.7. The monoisotopic (exact) mass is 730 g/mol. The van der Waals surface area contributed by atoms with Crippen molar-refractivity contribution in [2.75, 3.05) is 72.9 Å². The highest BCUT2D eigenvalue weighted by molar-refractivity contribution is 8.03. The lowest BCUT2D eigenvalue weighted by atomic mass is 9.86. The molecule has 1 heterocycles. The number of likely N-dealkylation sites (tertiary alicyclic amines) is 1. The maximum atomic E-state index is 12.6. The van der Waals surface area contributed by atoms with Crippen LogP contribution in [0.1, 0.15) is 72.1 Å². The minimum absolute atomic E-state index is 0.000995. The maximum absolute atomic E-state index is 12.6. The molecule has 18 heteroatoms. The fraction of sp³-hybridized carbons (Fsp3) is 0.812. The number of thioether (sulfide) groups is 1. The number of amides is 5. The molecule has 50 heavy (non-hydrogen) atoms. The largest absolute Gasteiger partial charge is 0.460 e. The molecule has 0 aromatic carbocycles. The van der Waals surface area contributed by atoms with Crippen LogP contribution in [0.15, 0.2) is 0 Å². The van der Waals surface area contributed by atoms with Crippen LogP contribution in [-0.4, -0.2) is 149 Å². The SMILES string of the molecule is [B]C(C)(CC)SC1CC(=O)N(CCC(=O)NCCOCCOCCC(=O)NCCNC(=O)CCCC(=O)OCC(OC)OC(CC)CO)C1=O. The normalized spacial score (nSPS) is 16.8. The molecule has 2 radical (unpaired) electrons. The van der Waals surface area contributed by atoms with Crippen molar-refractivity contribution in [3.8, 4) is 0 Å². The fourth-order valence-corrected chi connectivity index (χ4v) is 5.56. The molecule has 284 valence electrons. The second kappa shape index (κ2) is 26.1. The average molecular weight is 731 g/mol. The summed E-state index contributed by atoms with van der Waals surface area (Å²) in [6, 6.07) is 0. The molecular weight excluding hydrogens is 675 g/mol. The highest BCUT2D eigenvalue weighted by Gasteiger charge is 2.41. The van der Waals surface area contributed by atoms with Crippen LogP contribution >= 0.6 is 11.8 Å². The summed E-state index contributed by atoms with van der Waals surface area (Å²) in [6.45, 7) is 6.99. The molecule has 0 spiro atoms. The Morgan fingerprint density at radius 1 is 0.940 bits per heavy atom. The van der Waals surface area contributed by atoms with Crippen molar-refractivity contribution < 1.29 is 57.6 Å². The molecule has 16 nitrogen and oxygen atoms in total. The zero-order chi connectivity index (χ0) is 37.4. The summed E-state index contributed by atoms with van der Waals surface area (Å²) >= 11 is 1.28. The number of nitrogens with zero attached hydrogens (tertiary/aromatic N) is 1. The summed E-state index contributed by atoms with van der Waals surface area (Å²) in [5, 5.41) is 16.7. The van der Waals surface area contributed by atoms with Crippen LogP contribution in [0.5, 0.6) is 0 Å². The molecule has 1 saturated heterocycles. The van der Waals surface area contributed by atoms with Crippen LogP contribution in [0.3, 0.4) is 0 Å². The van der Waals surface area contributed by atoms with E-state index in [1.807, 2.05) is 20.8 Å². The number of hydrogen-bond acceptors (Lipinski definition) is 13. The van der Waals surface area contributed by atoms with Gasteiger partial charge in [0.1, 0.15) is 6.61 Å². The van der Waals surface area contributed by atoms with Crippen molar-refractivity contribution in [2.24, 2.45) is 0 Å². The Bertz CT molecular complexity index is 1070. The summed E-state index contributed by atoms with van der Waals surface area (Å²) < 4.78 is 25.9. The van der Waals surface area contributed by atoms with E-state index in [0.29, 0.717) is 19.3 Å². The zero-order valence-electron chi connectivity index (χ0n) is 29.8. The molecular formula is C32H55BN4O12S. The predicted octanol–water partition coefficient (Wildman–Crippen LogP) is -0.223.